The van der Waals surface area contributed by atoms with E-state index < -0.39 is 5.60 Å². The molecule has 0 amide bonds. The van der Waals surface area contributed by atoms with E-state index in [1.807, 2.05) is 43.6 Å². The maximum absolute atomic E-state index is 11.0. The van der Waals surface area contributed by atoms with Crippen LogP contribution < -0.4 is 5.32 Å². The maximum Gasteiger partial charge on any atom is 0.155 e. The third kappa shape index (κ3) is 4.58. The quantitative estimate of drug-likeness (QED) is 0.691. The summed E-state index contributed by atoms with van der Waals surface area (Å²) in [5, 5.41) is 18.6. The van der Waals surface area contributed by atoms with E-state index in [4.69, 9.17) is 0 Å². The van der Waals surface area contributed by atoms with Crippen LogP contribution in [0.5, 0.6) is 0 Å². The van der Waals surface area contributed by atoms with Crippen LogP contribution in [0.3, 0.4) is 0 Å². The van der Waals surface area contributed by atoms with Gasteiger partial charge in [-0.2, -0.15) is 5.10 Å². The lowest BCUT2D eigenvalue weighted by Crippen LogP contribution is -2.48. The van der Waals surface area contributed by atoms with Crippen molar-refractivity contribution in [3.63, 3.8) is 0 Å². The molecule has 6 heteroatoms. The Labute approximate surface area is 165 Å². The predicted octanol–water partition coefficient (Wildman–Crippen LogP) is 3.01. The van der Waals surface area contributed by atoms with Crippen molar-refractivity contribution >= 4 is 5.82 Å². The fraction of sp³-hybridized carbons (Fsp3) is 0.364. The van der Waals surface area contributed by atoms with Gasteiger partial charge in [-0.1, -0.05) is 36.4 Å². The molecular weight excluding hydrogens is 350 g/mol. The molecule has 0 aliphatic carbocycles. The highest BCUT2D eigenvalue weighted by Gasteiger charge is 2.32. The predicted molar refractivity (Wildman–Crippen MR) is 110 cm³/mol. The molecule has 2 aromatic heterocycles. The summed E-state index contributed by atoms with van der Waals surface area (Å²) in [6.45, 7) is 5.24. The lowest BCUT2D eigenvalue weighted by atomic mass is 9.91. The van der Waals surface area contributed by atoms with Crippen molar-refractivity contribution in [1.29, 1.82) is 0 Å². The Hall–Kier alpha value is -2.70. The van der Waals surface area contributed by atoms with Crippen molar-refractivity contribution in [3.8, 4) is 5.82 Å². The van der Waals surface area contributed by atoms with E-state index in [0.717, 1.165) is 49.7 Å². The Bertz CT molecular complexity index is 900. The standard InChI is InChI=1S/C22H27N5O/c1-18-14-24-27(15-18)21-9-5-8-20(25-21)23-17-22(28)10-12-26(13-11-22)16-19-6-3-2-4-7-19/h2-9,14-15,28H,10-13,16-17H2,1H3,(H,23,25). The van der Waals surface area contributed by atoms with E-state index in [1.165, 1.54) is 5.56 Å². The summed E-state index contributed by atoms with van der Waals surface area (Å²) in [6, 6.07) is 16.3. The molecule has 1 aliphatic heterocycles. The Kier molecular flexibility index (Phi) is 5.41. The van der Waals surface area contributed by atoms with Crippen LogP contribution in [0, 0.1) is 6.92 Å². The Morgan fingerprint density at radius 1 is 1.07 bits per heavy atom. The third-order valence-electron chi connectivity index (χ3n) is 5.32. The number of benzene rings is 1. The van der Waals surface area contributed by atoms with Gasteiger partial charge >= 0.3 is 0 Å². The molecule has 0 unspecified atom stereocenters. The molecule has 3 aromatic rings. The van der Waals surface area contributed by atoms with Crippen molar-refractivity contribution in [1.82, 2.24) is 19.7 Å². The summed E-state index contributed by atoms with van der Waals surface area (Å²) in [4.78, 5) is 7.02. The fourth-order valence-corrected chi connectivity index (χ4v) is 3.59. The number of aliphatic hydroxyl groups is 1. The number of pyridine rings is 1. The smallest absolute Gasteiger partial charge is 0.155 e. The van der Waals surface area contributed by atoms with Gasteiger partial charge in [0.05, 0.1) is 11.8 Å². The minimum Gasteiger partial charge on any atom is -0.388 e. The highest BCUT2D eigenvalue weighted by molar-refractivity contribution is 5.40. The molecule has 146 valence electrons. The van der Waals surface area contributed by atoms with E-state index >= 15 is 0 Å². The SMILES string of the molecule is Cc1cnn(-c2cccc(NCC3(O)CCN(Cc4ccccc4)CC3)n2)c1. The molecule has 2 N–H and O–H groups in total. The van der Waals surface area contributed by atoms with E-state index in [9.17, 15) is 5.11 Å². The van der Waals surface area contributed by atoms with Gasteiger partial charge < -0.3 is 10.4 Å². The molecule has 1 saturated heterocycles. The van der Waals surface area contributed by atoms with Gasteiger partial charge in [0.2, 0.25) is 0 Å². The van der Waals surface area contributed by atoms with Gasteiger partial charge in [-0.3, -0.25) is 4.90 Å². The molecule has 4 rings (SSSR count). The molecule has 0 spiro atoms. The Morgan fingerprint density at radius 3 is 2.57 bits per heavy atom. The van der Waals surface area contributed by atoms with Crippen LogP contribution in [0.2, 0.25) is 0 Å². The number of piperidine rings is 1. The number of aromatic nitrogens is 3. The minimum atomic E-state index is -0.701. The molecule has 1 aromatic carbocycles. The number of nitrogens with one attached hydrogen (secondary N) is 1. The van der Waals surface area contributed by atoms with Crippen LogP contribution >= 0.6 is 0 Å². The van der Waals surface area contributed by atoms with Gasteiger partial charge in [-0.15, -0.1) is 0 Å². The second kappa shape index (κ2) is 8.12. The van der Waals surface area contributed by atoms with Crippen LogP contribution in [0.25, 0.3) is 5.82 Å². The molecule has 1 fully saturated rings. The van der Waals surface area contributed by atoms with Crippen molar-refractivity contribution in [2.45, 2.75) is 31.9 Å². The average molecular weight is 377 g/mol. The van der Waals surface area contributed by atoms with E-state index in [1.54, 1.807) is 4.68 Å². The van der Waals surface area contributed by atoms with Crippen LogP contribution in [0.4, 0.5) is 5.82 Å². The summed E-state index contributed by atoms with van der Waals surface area (Å²) in [5.74, 6) is 1.52. The van der Waals surface area contributed by atoms with Crippen molar-refractivity contribution in [2.75, 3.05) is 25.0 Å². The van der Waals surface area contributed by atoms with Crippen molar-refractivity contribution in [3.05, 3.63) is 72.1 Å². The number of likely N-dealkylation sites (tertiary alicyclic amines) is 1. The van der Waals surface area contributed by atoms with E-state index in [0.29, 0.717) is 6.54 Å². The molecular formula is C22H27N5O. The molecule has 0 atom stereocenters. The van der Waals surface area contributed by atoms with Crippen LogP contribution in [-0.2, 0) is 6.54 Å². The molecule has 28 heavy (non-hydrogen) atoms. The zero-order valence-electron chi connectivity index (χ0n) is 16.3. The van der Waals surface area contributed by atoms with Crippen LogP contribution in [-0.4, -0.2) is 50.0 Å². The van der Waals surface area contributed by atoms with Gasteiger partial charge in [-0.25, -0.2) is 9.67 Å². The average Bonchev–Trinajstić information content (AvgIpc) is 3.16. The van der Waals surface area contributed by atoms with Gasteiger partial charge in [0.25, 0.3) is 0 Å². The number of rotatable bonds is 6. The van der Waals surface area contributed by atoms with Gasteiger partial charge in [0.1, 0.15) is 5.82 Å². The number of hydrogen-bond donors (Lipinski definition) is 2. The normalized spacial score (nSPS) is 16.8. The van der Waals surface area contributed by atoms with Crippen molar-refractivity contribution in [2.24, 2.45) is 0 Å². The highest BCUT2D eigenvalue weighted by atomic mass is 16.3. The second-order valence-corrected chi connectivity index (χ2v) is 7.68. The van der Waals surface area contributed by atoms with Gasteiger partial charge in [-0.05, 0) is 43.0 Å². The topological polar surface area (TPSA) is 66.2 Å². The third-order valence-corrected chi connectivity index (χ3v) is 5.32. The molecule has 0 bridgehead atoms. The lowest BCUT2D eigenvalue weighted by molar-refractivity contribution is -0.0121. The Morgan fingerprint density at radius 2 is 1.86 bits per heavy atom. The minimum absolute atomic E-state index is 0.501. The molecule has 6 nitrogen and oxygen atoms in total. The largest absolute Gasteiger partial charge is 0.388 e. The number of nitrogens with zero attached hydrogens (tertiary/aromatic N) is 4. The summed E-state index contributed by atoms with van der Waals surface area (Å²) >= 11 is 0. The zero-order chi connectivity index (χ0) is 19.4. The Balaban J connectivity index is 1.31. The molecule has 3 heterocycles. The van der Waals surface area contributed by atoms with Crippen LogP contribution in [0.1, 0.15) is 24.0 Å². The zero-order valence-corrected chi connectivity index (χ0v) is 16.3. The fourth-order valence-electron chi connectivity index (χ4n) is 3.59. The highest BCUT2D eigenvalue weighted by Crippen LogP contribution is 2.24. The molecule has 0 saturated carbocycles. The van der Waals surface area contributed by atoms with Gasteiger partial charge in [0, 0.05) is 32.4 Å². The summed E-state index contributed by atoms with van der Waals surface area (Å²) in [6.07, 6.45) is 5.27. The number of aryl methyl sites for hydroxylation is 1. The van der Waals surface area contributed by atoms with Crippen LogP contribution in [0.15, 0.2) is 60.9 Å². The van der Waals surface area contributed by atoms with Gasteiger partial charge in [0.15, 0.2) is 5.82 Å². The molecule has 1 aliphatic rings. The van der Waals surface area contributed by atoms with E-state index in [-0.39, 0.29) is 0 Å². The first kappa shape index (κ1) is 18.7. The van der Waals surface area contributed by atoms with Crippen molar-refractivity contribution < 1.29 is 5.11 Å². The molecule has 0 radical (unpaired) electrons. The monoisotopic (exact) mass is 377 g/mol. The lowest BCUT2D eigenvalue weighted by Gasteiger charge is -2.38. The summed E-state index contributed by atoms with van der Waals surface area (Å²) < 4.78 is 1.76. The second-order valence-electron chi connectivity index (χ2n) is 7.68. The van der Waals surface area contributed by atoms with E-state index in [2.05, 4.69) is 44.6 Å². The summed E-state index contributed by atoms with van der Waals surface area (Å²) in [7, 11) is 0. The number of hydrogen-bond acceptors (Lipinski definition) is 5. The maximum atomic E-state index is 11.0. The summed E-state index contributed by atoms with van der Waals surface area (Å²) in [5.41, 5.74) is 1.71. The number of anilines is 1. The first-order valence-corrected chi connectivity index (χ1v) is 9.81. The first-order chi connectivity index (χ1) is 13.6. The first-order valence-electron chi connectivity index (χ1n) is 9.81.